The molecule has 4 N–H and O–H groups in total. The molecule has 102 valence electrons. The van der Waals surface area contributed by atoms with Crippen LogP contribution in [0.25, 0.3) is 11.2 Å². The molecule has 1 saturated carbocycles. The highest BCUT2D eigenvalue weighted by Crippen LogP contribution is 2.38. The summed E-state index contributed by atoms with van der Waals surface area (Å²) in [6.45, 7) is -0.293. The minimum absolute atomic E-state index is 0.242. The van der Waals surface area contributed by atoms with E-state index in [0.29, 0.717) is 17.6 Å². The third kappa shape index (κ3) is 1.75. The van der Waals surface area contributed by atoms with Gasteiger partial charge >= 0.3 is 0 Å². The van der Waals surface area contributed by atoms with Crippen molar-refractivity contribution in [2.24, 2.45) is 5.92 Å². The maximum Gasteiger partial charge on any atom is 0.165 e. The van der Waals surface area contributed by atoms with Crippen LogP contribution in [0.15, 0.2) is 12.7 Å². The lowest BCUT2D eigenvalue weighted by Gasteiger charge is -2.17. The second-order valence-electron chi connectivity index (χ2n) is 4.76. The molecule has 0 saturated heterocycles. The van der Waals surface area contributed by atoms with Crippen molar-refractivity contribution in [3.05, 3.63) is 12.7 Å². The first-order valence-electron chi connectivity index (χ1n) is 5.99. The van der Waals surface area contributed by atoms with E-state index in [-0.39, 0.29) is 12.4 Å². The number of nitrogens with zero attached hydrogens (tertiary/aromatic N) is 4. The van der Waals surface area contributed by atoms with Crippen LogP contribution in [0.3, 0.4) is 0 Å². The van der Waals surface area contributed by atoms with Gasteiger partial charge in [-0.3, -0.25) is 0 Å². The number of anilines is 1. The highest BCUT2D eigenvalue weighted by atomic mass is 19.1. The first-order chi connectivity index (χ1) is 9.13. The van der Waals surface area contributed by atoms with Gasteiger partial charge in [-0.1, -0.05) is 0 Å². The molecule has 4 atom stereocenters. The number of hydrogen-bond acceptors (Lipinski definition) is 6. The maximum absolute atomic E-state index is 13.8. The summed E-state index contributed by atoms with van der Waals surface area (Å²) in [5, 5.41) is 19.1. The van der Waals surface area contributed by atoms with Crippen molar-refractivity contribution in [1.29, 1.82) is 0 Å². The molecule has 7 nitrogen and oxygen atoms in total. The number of nitrogens with two attached hydrogens (primary N) is 1. The van der Waals surface area contributed by atoms with E-state index >= 15 is 0 Å². The van der Waals surface area contributed by atoms with E-state index < -0.39 is 24.2 Å². The van der Waals surface area contributed by atoms with Crippen LogP contribution in [0.4, 0.5) is 10.2 Å². The van der Waals surface area contributed by atoms with Gasteiger partial charge in [0.15, 0.2) is 11.5 Å². The summed E-state index contributed by atoms with van der Waals surface area (Å²) in [5.41, 5.74) is 6.57. The standard InChI is InChI=1S/C11H14FN5O2/c12-7-5(2-18)1-6(9(7)19)17-4-16-8-10(13)14-3-15-11(8)17/h3-7,9,18-19H,1-2H2,(H2,13,14,15)/t5-,6-,7-,9-/m1/s1. The zero-order valence-electron chi connectivity index (χ0n) is 10.0. The molecule has 1 aliphatic rings. The molecular weight excluding hydrogens is 253 g/mol. The molecule has 1 aliphatic carbocycles. The predicted octanol–water partition coefficient (Wildman–Crippen LogP) is -0.339. The minimum Gasteiger partial charge on any atom is -0.396 e. The van der Waals surface area contributed by atoms with E-state index in [0.717, 1.165) is 0 Å². The van der Waals surface area contributed by atoms with E-state index in [9.17, 15) is 9.50 Å². The fourth-order valence-electron chi connectivity index (χ4n) is 2.64. The average molecular weight is 267 g/mol. The number of alkyl halides is 1. The van der Waals surface area contributed by atoms with Crippen molar-refractivity contribution in [3.63, 3.8) is 0 Å². The van der Waals surface area contributed by atoms with Gasteiger partial charge < -0.3 is 20.5 Å². The fourth-order valence-corrected chi connectivity index (χ4v) is 2.64. The Morgan fingerprint density at radius 3 is 2.89 bits per heavy atom. The lowest BCUT2D eigenvalue weighted by Crippen LogP contribution is -2.27. The maximum atomic E-state index is 13.8. The molecule has 0 aliphatic heterocycles. The Kier molecular flexibility index (Phi) is 2.83. The average Bonchev–Trinajstić information content (AvgIpc) is 2.94. The Balaban J connectivity index is 2.04. The quantitative estimate of drug-likeness (QED) is 0.686. The molecule has 2 aromatic heterocycles. The molecule has 1 fully saturated rings. The Hall–Kier alpha value is -1.80. The third-order valence-corrected chi connectivity index (χ3v) is 3.69. The Bertz CT molecular complexity index is 604. The van der Waals surface area contributed by atoms with Gasteiger partial charge in [-0.05, 0) is 6.42 Å². The summed E-state index contributed by atoms with van der Waals surface area (Å²) in [4.78, 5) is 12.0. The fraction of sp³-hybridized carbons (Fsp3) is 0.545. The second-order valence-corrected chi connectivity index (χ2v) is 4.76. The number of hydrogen-bond donors (Lipinski definition) is 3. The van der Waals surface area contributed by atoms with Gasteiger partial charge in [0.1, 0.15) is 24.1 Å². The number of rotatable bonds is 2. The molecule has 2 aromatic rings. The van der Waals surface area contributed by atoms with Crippen LogP contribution in [-0.4, -0.2) is 48.6 Å². The summed E-state index contributed by atoms with van der Waals surface area (Å²) in [7, 11) is 0. The minimum atomic E-state index is -1.45. The molecule has 3 rings (SSSR count). The first-order valence-corrected chi connectivity index (χ1v) is 5.99. The summed E-state index contributed by atoms with van der Waals surface area (Å²) < 4.78 is 15.4. The molecule has 0 radical (unpaired) electrons. The SMILES string of the molecule is Nc1ncnc2c1ncn2[C@@H]1C[C@H](CO)[C@@H](F)[C@@H]1O. The topological polar surface area (TPSA) is 110 Å². The van der Waals surface area contributed by atoms with Crippen molar-refractivity contribution in [2.45, 2.75) is 24.7 Å². The van der Waals surface area contributed by atoms with E-state index in [1.165, 1.54) is 12.7 Å². The number of fused-ring (bicyclic) bond motifs is 1. The summed E-state index contributed by atoms with van der Waals surface area (Å²) in [5.74, 6) is -0.330. The highest BCUT2D eigenvalue weighted by molar-refractivity contribution is 5.81. The van der Waals surface area contributed by atoms with Crippen molar-refractivity contribution in [2.75, 3.05) is 12.3 Å². The number of nitrogen functional groups attached to an aromatic ring is 1. The molecule has 0 amide bonds. The smallest absolute Gasteiger partial charge is 0.165 e. The van der Waals surface area contributed by atoms with Crippen molar-refractivity contribution in [1.82, 2.24) is 19.5 Å². The normalized spacial score (nSPS) is 31.1. The lowest BCUT2D eigenvalue weighted by molar-refractivity contribution is 0.0509. The molecule has 19 heavy (non-hydrogen) atoms. The van der Waals surface area contributed by atoms with Crippen molar-refractivity contribution in [3.8, 4) is 0 Å². The number of aliphatic hydroxyl groups is 2. The van der Waals surface area contributed by atoms with Crippen LogP contribution < -0.4 is 5.73 Å². The molecule has 0 unspecified atom stereocenters. The van der Waals surface area contributed by atoms with Gasteiger partial charge in [0.25, 0.3) is 0 Å². The lowest BCUT2D eigenvalue weighted by atomic mass is 10.1. The van der Waals surface area contributed by atoms with Gasteiger partial charge in [-0.15, -0.1) is 0 Å². The van der Waals surface area contributed by atoms with Gasteiger partial charge in [-0.25, -0.2) is 19.3 Å². The monoisotopic (exact) mass is 267 g/mol. The first kappa shape index (κ1) is 12.2. The Morgan fingerprint density at radius 1 is 1.42 bits per heavy atom. The van der Waals surface area contributed by atoms with E-state index in [2.05, 4.69) is 15.0 Å². The highest BCUT2D eigenvalue weighted by Gasteiger charge is 2.44. The van der Waals surface area contributed by atoms with Crippen molar-refractivity contribution >= 4 is 17.0 Å². The van der Waals surface area contributed by atoms with E-state index in [1.54, 1.807) is 4.57 Å². The molecule has 0 spiro atoms. The van der Waals surface area contributed by atoms with Crippen LogP contribution in [0.2, 0.25) is 0 Å². The van der Waals surface area contributed by atoms with Crippen LogP contribution >= 0.6 is 0 Å². The summed E-state index contributed by atoms with van der Waals surface area (Å²) in [6, 6.07) is -0.508. The largest absolute Gasteiger partial charge is 0.396 e. The number of aromatic nitrogens is 4. The van der Waals surface area contributed by atoms with Crippen LogP contribution in [0, 0.1) is 5.92 Å². The van der Waals surface area contributed by atoms with Crippen LogP contribution in [-0.2, 0) is 0 Å². The molecular formula is C11H14FN5O2. The van der Waals surface area contributed by atoms with Crippen LogP contribution in [0.5, 0.6) is 0 Å². The van der Waals surface area contributed by atoms with Crippen molar-refractivity contribution < 1.29 is 14.6 Å². The summed E-state index contributed by atoms with van der Waals surface area (Å²) in [6.07, 6.45) is 0.454. The molecule has 8 heteroatoms. The number of imidazole rings is 1. The van der Waals surface area contributed by atoms with Gasteiger partial charge in [0, 0.05) is 12.5 Å². The molecule has 0 bridgehead atoms. The number of halogens is 1. The summed E-state index contributed by atoms with van der Waals surface area (Å²) >= 11 is 0. The second kappa shape index (κ2) is 4.39. The van der Waals surface area contributed by atoms with Gasteiger partial charge in [0.05, 0.1) is 12.4 Å². The zero-order valence-corrected chi connectivity index (χ0v) is 10.0. The van der Waals surface area contributed by atoms with Gasteiger partial charge in [0.2, 0.25) is 0 Å². The predicted molar refractivity (Wildman–Crippen MR) is 64.9 cm³/mol. The van der Waals surface area contributed by atoms with Crippen LogP contribution in [0.1, 0.15) is 12.5 Å². The third-order valence-electron chi connectivity index (χ3n) is 3.69. The molecule has 0 aromatic carbocycles. The van der Waals surface area contributed by atoms with E-state index in [4.69, 9.17) is 10.8 Å². The number of aliphatic hydroxyl groups excluding tert-OH is 2. The molecule has 2 heterocycles. The van der Waals surface area contributed by atoms with Gasteiger partial charge in [-0.2, -0.15) is 0 Å². The Morgan fingerprint density at radius 2 is 2.21 bits per heavy atom. The zero-order chi connectivity index (χ0) is 13.6. The van der Waals surface area contributed by atoms with E-state index in [1.807, 2.05) is 0 Å². The Labute approximate surface area is 107 Å².